The van der Waals surface area contributed by atoms with Gasteiger partial charge < -0.3 is 5.11 Å². The third-order valence-electron chi connectivity index (χ3n) is 3.37. The average Bonchev–Trinajstić information content (AvgIpc) is 2.92. The minimum Gasteiger partial charge on any atom is -0.384 e. The van der Waals surface area contributed by atoms with E-state index in [-0.39, 0.29) is 17.5 Å². The monoisotopic (exact) mass is 326 g/mol. The Morgan fingerprint density at radius 2 is 2.29 bits per heavy atom. The lowest BCUT2D eigenvalue weighted by molar-refractivity contribution is 0.350. The number of nitrogens with zero attached hydrogens (tertiary/aromatic N) is 1. The second-order valence-electron chi connectivity index (χ2n) is 4.86. The van der Waals surface area contributed by atoms with E-state index in [0.717, 1.165) is 19.3 Å². The second-order valence-corrected chi connectivity index (χ2v) is 7.71. The average molecular weight is 326 g/mol. The first-order valence-corrected chi connectivity index (χ1v) is 9.42. The molecule has 2 atom stereocenters. The van der Waals surface area contributed by atoms with Crippen molar-refractivity contribution in [2.24, 2.45) is 0 Å². The molecule has 5 nitrogen and oxygen atoms in total. The fraction of sp³-hybridized carbons (Fsp3) is 0.500. The van der Waals surface area contributed by atoms with Gasteiger partial charge in [0.05, 0.1) is 0 Å². The zero-order valence-electron chi connectivity index (χ0n) is 11.7. The van der Waals surface area contributed by atoms with Gasteiger partial charge in [-0.15, -0.1) is 0 Å². The molecule has 21 heavy (non-hydrogen) atoms. The van der Waals surface area contributed by atoms with Gasteiger partial charge in [-0.25, -0.2) is 13.1 Å². The Kier molecular flexibility index (Phi) is 5.65. The first kappa shape index (κ1) is 16.3. The zero-order valence-corrected chi connectivity index (χ0v) is 13.4. The first-order chi connectivity index (χ1) is 10.0. The molecular formula is C14H18N2O3S2. The van der Waals surface area contributed by atoms with Gasteiger partial charge in [-0.05, 0) is 31.6 Å². The number of pyridine rings is 1. The van der Waals surface area contributed by atoms with E-state index in [0.29, 0.717) is 10.8 Å². The molecule has 1 fully saturated rings. The number of nitrogens with one attached hydrogen (secondary N) is 1. The summed E-state index contributed by atoms with van der Waals surface area (Å²) in [5.74, 6) is 5.14. The highest BCUT2D eigenvalue weighted by atomic mass is 32.2. The van der Waals surface area contributed by atoms with Gasteiger partial charge in [-0.3, -0.25) is 4.98 Å². The van der Waals surface area contributed by atoms with Crippen molar-refractivity contribution in [2.75, 3.05) is 12.9 Å². The van der Waals surface area contributed by atoms with Gasteiger partial charge in [0.25, 0.3) is 0 Å². The summed E-state index contributed by atoms with van der Waals surface area (Å²) in [4.78, 5) is 4.01. The first-order valence-electron chi connectivity index (χ1n) is 6.65. The maximum absolute atomic E-state index is 12.4. The van der Waals surface area contributed by atoms with Crippen LogP contribution in [-0.4, -0.2) is 42.7 Å². The molecule has 1 aliphatic rings. The molecule has 2 unspecified atom stereocenters. The number of hydrogen-bond acceptors (Lipinski definition) is 5. The fourth-order valence-electron chi connectivity index (χ4n) is 2.32. The highest BCUT2D eigenvalue weighted by Crippen LogP contribution is 2.29. The molecule has 0 amide bonds. The van der Waals surface area contributed by atoms with Crippen LogP contribution in [0.25, 0.3) is 0 Å². The van der Waals surface area contributed by atoms with Crippen LogP contribution in [-0.2, 0) is 10.0 Å². The van der Waals surface area contributed by atoms with Gasteiger partial charge in [0, 0.05) is 29.2 Å². The molecule has 1 aromatic rings. The smallest absolute Gasteiger partial charge is 0.242 e. The van der Waals surface area contributed by atoms with E-state index in [1.807, 2.05) is 0 Å². The predicted molar refractivity (Wildman–Crippen MR) is 83.5 cm³/mol. The molecule has 1 aromatic heterocycles. The van der Waals surface area contributed by atoms with Gasteiger partial charge in [0.1, 0.15) is 11.5 Å². The Bertz CT molecular complexity index is 650. The Morgan fingerprint density at radius 3 is 2.95 bits per heavy atom. The fourth-order valence-corrected chi connectivity index (χ4v) is 4.39. The normalized spacial score (nSPS) is 21.8. The lowest BCUT2D eigenvalue weighted by atomic mass is 10.3. The van der Waals surface area contributed by atoms with Crippen LogP contribution in [0.2, 0.25) is 0 Å². The molecule has 2 rings (SSSR count). The summed E-state index contributed by atoms with van der Waals surface area (Å²) in [6, 6.07) is 1.46. The molecule has 0 saturated heterocycles. The molecule has 0 aliphatic heterocycles. The molecule has 2 N–H and O–H groups in total. The number of rotatable bonds is 4. The van der Waals surface area contributed by atoms with Crippen LogP contribution >= 0.6 is 11.8 Å². The summed E-state index contributed by atoms with van der Waals surface area (Å²) in [6.07, 6.45) is 7.60. The SMILES string of the molecule is CSC1CCC(NS(=O)(=O)c2cncc(C#CCO)c2)C1. The summed E-state index contributed by atoms with van der Waals surface area (Å²) in [7, 11) is -3.57. The summed E-state index contributed by atoms with van der Waals surface area (Å²) >= 11 is 1.78. The Labute approximate surface area is 129 Å². The van der Waals surface area contributed by atoms with E-state index in [2.05, 4.69) is 27.8 Å². The molecule has 0 bridgehead atoms. The number of aromatic nitrogens is 1. The number of thioether (sulfide) groups is 1. The van der Waals surface area contributed by atoms with Crippen molar-refractivity contribution in [3.05, 3.63) is 24.0 Å². The van der Waals surface area contributed by atoms with E-state index in [1.54, 1.807) is 11.8 Å². The van der Waals surface area contributed by atoms with Crippen LogP contribution in [0.4, 0.5) is 0 Å². The maximum atomic E-state index is 12.4. The van der Waals surface area contributed by atoms with Crippen molar-refractivity contribution < 1.29 is 13.5 Å². The van der Waals surface area contributed by atoms with Crippen LogP contribution in [0.3, 0.4) is 0 Å². The standard InChI is InChI=1S/C14H18N2O3S2/c1-20-13-5-4-12(8-13)16-21(18,19)14-7-11(3-2-6-17)9-15-10-14/h7,9-10,12-13,16-17H,4-6,8H2,1H3. The topological polar surface area (TPSA) is 79.3 Å². The predicted octanol–water partition coefficient (Wildman–Crippen LogP) is 0.988. The number of aliphatic hydroxyl groups is 1. The summed E-state index contributed by atoms with van der Waals surface area (Å²) in [5.41, 5.74) is 0.473. The Hall–Kier alpha value is -1.07. The molecular weight excluding hydrogens is 308 g/mol. The number of aliphatic hydroxyl groups excluding tert-OH is 1. The van der Waals surface area contributed by atoms with E-state index in [1.165, 1.54) is 18.5 Å². The van der Waals surface area contributed by atoms with Crippen LogP contribution < -0.4 is 4.72 Å². The summed E-state index contributed by atoms with van der Waals surface area (Å²) in [6.45, 7) is -0.270. The lowest BCUT2D eigenvalue weighted by Crippen LogP contribution is -2.33. The van der Waals surface area contributed by atoms with Gasteiger partial charge in [0.2, 0.25) is 10.0 Å². The van der Waals surface area contributed by atoms with E-state index < -0.39 is 10.0 Å². The van der Waals surface area contributed by atoms with Gasteiger partial charge in [-0.2, -0.15) is 11.8 Å². The molecule has 7 heteroatoms. The largest absolute Gasteiger partial charge is 0.384 e. The maximum Gasteiger partial charge on any atom is 0.242 e. The van der Waals surface area contributed by atoms with Crippen LogP contribution in [0.15, 0.2) is 23.4 Å². The van der Waals surface area contributed by atoms with E-state index >= 15 is 0 Å². The Morgan fingerprint density at radius 1 is 1.48 bits per heavy atom. The molecule has 1 saturated carbocycles. The number of hydrogen-bond donors (Lipinski definition) is 2. The minimum absolute atomic E-state index is 0.0142. The van der Waals surface area contributed by atoms with Crippen molar-refractivity contribution in [3.63, 3.8) is 0 Å². The molecule has 1 aliphatic carbocycles. The zero-order chi connectivity index (χ0) is 15.3. The number of sulfonamides is 1. The van der Waals surface area contributed by atoms with Crippen LogP contribution in [0.5, 0.6) is 0 Å². The second kappa shape index (κ2) is 7.27. The molecule has 114 valence electrons. The van der Waals surface area contributed by atoms with Crippen molar-refractivity contribution in [2.45, 2.75) is 35.4 Å². The summed E-state index contributed by atoms with van der Waals surface area (Å²) in [5, 5.41) is 9.19. The van der Waals surface area contributed by atoms with Crippen molar-refractivity contribution in [1.29, 1.82) is 0 Å². The third-order valence-corrected chi connectivity index (χ3v) is 5.96. The van der Waals surface area contributed by atoms with Gasteiger partial charge in [-0.1, -0.05) is 11.8 Å². The van der Waals surface area contributed by atoms with E-state index in [4.69, 9.17) is 5.11 Å². The van der Waals surface area contributed by atoms with Crippen LogP contribution in [0.1, 0.15) is 24.8 Å². The Balaban J connectivity index is 2.12. The minimum atomic E-state index is -3.57. The van der Waals surface area contributed by atoms with Gasteiger partial charge >= 0.3 is 0 Å². The van der Waals surface area contributed by atoms with Gasteiger partial charge in [0.15, 0.2) is 0 Å². The molecule has 0 aromatic carbocycles. The highest BCUT2D eigenvalue weighted by Gasteiger charge is 2.28. The van der Waals surface area contributed by atoms with E-state index in [9.17, 15) is 8.42 Å². The molecule has 0 radical (unpaired) electrons. The lowest BCUT2D eigenvalue weighted by Gasteiger charge is -2.13. The quantitative estimate of drug-likeness (QED) is 0.807. The third kappa shape index (κ3) is 4.45. The summed E-state index contributed by atoms with van der Waals surface area (Å²) < 4.78 is 27.4. The molecule has 1 heterocycles. The molecule has 0 spiro atoms. The van der Waals surface area contributed by atoms with Crippen molar-refractivity contribution in [3.8, 4) is 11.8 Å². The highest BCUT2D eigenvalue weighted by molar-refractivity contribution is 7.99. The van der Waals surface area contributed by atoms with Crippen LogP contribution in [0, 0.1) is 11.8 Å². The van der Waals surface area contributed by atoms with Crippen molar-refractivity contribution >= 4 is 21.8 Å². The van der Waals surface area contributed by atoms with Crippen molar-refractivity contribution in [1.82, 2.24) is 9.71 Å².